The summed E-state index contributed by atoms with van der Waals surface area (Å²) in [5.74, 6) is 0. The predicted octanol–water partition coefficient (Wildman–Crippen LogP) is 16.3. The van der Waals surface area contributed by atoms with Gasteiger partial charge in [-0.25, -0.2) is 0 Å². The van der Waals surface area contributed by atoms with Gasteiger partial charge in [-0.3, -0.25) is 0 Å². The van der Waals surface area contributed by atoms with E-state index < -0.39 is 5.41 Å². The summed E-state index contributed by atoms with van der Waals surface area (Å²) >= 11 is 0. The van der Waals surface area contributed by atoms with Crippen LogP contribution in [0.4, 0.5) is 17.1 Å². The van der Waals surface area contributed by atoms with Crippen molar-refractivity contribution < 1.29 is 0 Å². The Morgan fingerprint density at radius 3 is 1.63 bits per heavy atom. The summed E-state index contributed by atoms with van der Waals surface area (Å²) in [6.45, 7) is 4.77. The minimum Gasteiger partial charge on any atom is -0.310 e. The predicted molar refractivity (Wildman–Crippen MR) is 262 cm³/mol. The first-order chi connectivity index (χ1) is 31.0. The summed E-state index contributed by atoms with van der Waals surface area (Å²) in [4.78, 5) is 2.56. The smallest absolute Gasteiger partial charge is 0.0746 e. The molecule has 1 spiro atoms. The Labute approximate surface area is 368 Å². The molecule has 0 fully saturated rings. The molecule has 4 aliphatic rings. The van der Waals surface area contributed by atoms with Crippen LogP contribution in [0, 0.1) is 0 Å². The zero-order valence-electron chi connectivity index (χ0n) is 35.2. The molecular weight excluding hydrogens is 759 g/mol. The van der Waals surface area contributed by atoms with Gasteiger partial charge in [0.15, 0.2) is 0 Å². The molecule has 0 bridgehead atoms. The fraction of sp³-hybridized carbons (Fsp3) is 0.0645. The maximum atomic E-state index is 2.59. The van der Waals surface area contributed by atoms with E-state index >= 15 is 0 Å². The topological polar surface area (TPSA) is 3.24 Å². The maximum absolute atomic E-state index is 2.59. The van der Waals surface area contributed by atoms with Crippen LogP contribution in [-0.2, 0) is 10.8 Å². The second-order valence-corrected chi connectivity index (χ2v) is 18.3. The number of hydrogen-bond acceptors (Lipinski definition) is 1. The Morgan fingerprint density at radius 2 is 0.873 bits per heavy atom. The van der Waals surface area contributed by atoms with Gasteiger partial charge >= 0.3 is 0 Å². The molecule has 4 aliphatic carbocycles. The highest BCUT2D eigenvalue weighted by atomic mass is 15.1. The molecule has 0 heterocycles. The van der Waals surface area contributed by atoms with Crippen LogP contribution >= 0.6 is 0 Å². The first-order valence-electron chi connectivity index (χ1n) is 22.3. The number of hydrogen-bond donors (Lipinski definition) is 0. The van der Waals surface area contributed by atoms with Crippen LogP contribution in [0.2, 0.25) is 0 Å². The van der Waals surface area contributed by atoms with Crippen LogP contribution < -0.4 is 4.90 Å². The van der Waals surface area contributed by atoms with Gasteiger partial charge in [0, 0.05) is 22.4 Å². The van der Waals surface area contributed by atoms with E-state index in [1.165, 1.54) is 117 Å². The van der Waals surface area contributed by atoms with E-state index in [-0.39, 0.29) is 5.41 Å². The molecule has 0 saturated heterocycles. The third kappa shape index (κ3) is 4.41. The van der Waals surface area contributed by atoms with Crippen LogP contribution in [0.25, 0.3) is 77.5 Å². The van der Waals surface area contributed by atoms with Crippen LogP contribution in [0.1, 0.15) is 47.2 Å². The zero-order valence-corrected chi connectivity index (χ0v) is 35.2. The van der Waals surface area contributed by atoms with Crippen molar-refractivity contribution in [2.24, 2.45) is 0 Å². The van der Waals surface area contributed by atoms with E-state index in [4.69, 9.17) is 0 Å². The fourth-order valence-electron chi connectivity index (χ4n) is 12.4. The molecule has 1 atom stereocenters. The quantitative estimate of drug-likeness (QED) is 0.171. The number of nitrogens with zero attached hydrogens (tertiary/aromatic N) is 1. The molecule has 0 aromatic heterocycles. The first-order valence-corrected chi connectivity index (χ1v) is 22.3. The number of benzene rings is 10. The van der Waals surface area contributed by atoms with Gasteiger partial charge in [-0.15, -0.1) is 0 Å². The van der Waals surface area contributed by atoms with Crippen LogP contribution in [-0.4, -0.2) is 0 Å². The summed E-state index contributed by atoms with van der Waals surface area (Å²) in [5, 5.41) is 2.70. The molecule has 0 N–H and O–H groups in total. The van der Waals surface area contributed by atoms with Gasteiger partial charge in [-0.1, -0.05) is 190 Å². The van der Waals surface area contributed by atoms with Crippen molar-refractivity contribution in [3.05, 3.63) is 246 Å². The molecule has 0 radical (unpaired) electrons. The molecule has 14 rings (SSSR count). The lowest BCUT2D eigenvalue weighted by molar-refractivity contribution is 0.660. The van der Waals surface area contributed by atoms with E-state index in [0.717, 1.165) is 11.4 Å². The Hall–Kier alpha value is -7.74. The summed E-state index contributed by atoms with van der Waals surface area (Å²) in [6.07, 6.45) is 0. The molecule has 10 aromatic rings. The minimum absolute atomic E-state index is 0.150. The van der Waals surface area contributed by atoms with E-state index in [0.29, 0.717) is 0 Å². The largest absolute Gasteiger partial charge is 0.310 e. The van der Waals surface area contributed by atoms with Gasteiger partial charge in [0.2, 0.25) is 0 Å². The molecular formula is C62H41N. The van der Waals surface area contributed by atoms with Crippen molar-refractivity contribution in [1.82, 2.24) is 0 Å². The highest BCUT2D eigenvalue weighted by Crippen LogP contribution is 2.68. The highest BCUT2D eigenvalue weighted by Gasteiger charge is 2.54. The van der Waals surface area contributed by atoms with Crippen molar-refractivity contribution in [2.45, 2.75) is 24.7 Å². The van der Waals surface area contributed by atoms with Crippen molar-refractivity contribution in [2.75, 3.05) is 4.90 Å². The zero-order chi connectivity index (χ0) is 41.6. The molecule has 0 amide bonds. The lowest BCUT2D eigenvalue weighted by Crippen LogP contribution is -2.28. The maximum Gasteiger partial charge on any atom is 0.0746 e. The molecule has 1 unspecified atom stereocenters. The van der Waals surface area contributed by atoms with Crippen molar-refractivity contribution in [3.8, 4) is 66.8 Å². The molecule has 294 valence electrons. The van der Waals surface area contributed by atoms with E-state index in [1.54, 1.807) is 0 Å². The molecule has 0 saturated carbocycles. The first kappa shape index (κ1) is 34.9. The van der Waals surface area contributed by atoms with Crippen LogP contribution in [0.5, 0.6) is 0 Å². The number of rotatable bonds is 4. The molecule has 1 nitrogen and oxygen atoms in total. The minimum atomic E-state index is -0.582. The van der Waals surface area contributed by atoms with E-state index in [2.05, 4.69) is 231 Å². The molecule has 10 aromatic carbocycles. The Kier molecular flexibility index (Phi) is 6.89. The van der Waals surface area contributed by atoms with Crippen LogP contribution in [0.15, 0.2) is 212 Å². The summed E-state index contributed by atoms with van der Waals surface area (Å²) in [6, 6.07) is 80.3. The second kappa shape index (κ2) is 12.4. The number of fused-ring (bicyclic) bond motifs is 17. The van der Waals surface area contributed by atoms with Gasteiger partial charge in [0.25, 0.3) is 0 Å². The Morgan fingerprint density at radius 1 is 0.333 bits per heavy atom. The Bertz CT molecular complexity index is 3590. The highest BCUT2D eigenvalue weighted by molar-refractivity contribution is 6.21. The van der Waals surface area contributed by atoms with Crippen LogP contribution in [0.3, 0.4) is 0 Å². The molecule has 63 heavy (non-hydrogen) atoms. The van der Waals surface area contributed by atoms with Gasteiger partial charge in [-0.05, 0) is 142 Å². The van der Waals surface area contributed by atoms with Crippen molar-refractivity contribution in [3.63, 3.8) is 0 Å². The lowest BCUT2D eigenvalue weighted by Gasteiger charge is -2.36. The van der Waals surface area contributed by atoms with E-state index in [9.17, 15) is 0 Å². The van der Waals surface area contributed by atoms with Gasteiger partial charge in [-0.2, -0.15) is 0 Å². The second-order valence-electron chi connectivity index (χ2n) is 18.3. The summed E-state index contributed by atoms with van der Waals surface area (Å²) in [5.41, 5.74) is 26.5. The standard InChI is InChI=1S/C62H41N/c1-61(2)52-26-11-8-20-44(52)46-35-34-41(36-55(46)61)63(40-32-30-39(31-33-40)38-16-4-3-5-17-38)57-29-15-24-48-45-21-9-12-27-53(45)62(60(48)57)54-28-13-10-22-49(54)59-50-25-14-23-47-42-18-6-7-19-43(42)51(58(47)50)37-56(59)62/h3-37H,1-2H3. The lowest BCUT2D eigenvalue weighted by atomic mass is 9.69. The SMILES string of the molecule is CC1(C)c2ccccc2-c2ccc(N(c3ccc(-c4ccccc4)cc3)c3cccc4c3C3(c5ccccc5-4)c4ccccc4-c4c3cc3c5c(cccc45)-c4ccccc4-3)cc21. The third-order valence-corrected chi connectivity index (χ3v) is 15.0. The average molecular weight is 800 g/mol. The average Bonchev–Trinajstić information content (AvgIpc) is 4.01. The van der Waals surface area contributed by atoms with Gasteiger partial charge in [0.05, 0.1) is 11.1 Å². The monoisotopic (exact) mass is 799 g/mol. The third-order valence-electron chi connectivity index (χ3n) is 15.0. The summed E-state index contributed by atoms with van der Waals surface area (Å²) in [7, 11) is 0. The Balaban J connectivity index is 1.09. The van der Waals surface area contributed by atoms with Crippen molar-refractivity contribution in [1.29, 1.82) is 0 Å². The van der Waals surface area contributed by atoms with E-state index in [1.807, 2.05) is 0 Å². The fourth-order valence-corrected chi connectivity index (χ4v) is 12.4. The van der Waals surface area contributed by atoms with Gasteiger partial charge in [0.1, 0.15) is 0 Å². The summed E-state index contributed by atoms with van der Waals surface area (Å²) < 4.78 is 0. The molecule has 1 heteroatoms. The van der Waals surface area contributed by atoms with Gasteiger partial charge < -0.3 is 4.90 Å². The molecule has 0 aliphatic heterocycles. The van der Waals surface area contributed by atoms with Crippen molar-refractivity contribution >= 4 is 27.8 Å². The normalized spacial score (nSPS) is 16.0. The number of anilines is 3.